The fourth-order valence-corrected chi connectivity index (χ4v) is 2.45. The highest BCUT2D eigenvalue weighted by molar-refractivity contribution is 6.30. The minimum atomic E-state index is -1.18. The Morgan fingerprint density at radius 2 is 2.12 bits per heavy atom. The lowest BCUT2D eigenvalue weighted by Crippen LogP contribution is -2.43. The molecule has 0 spiro atoms. The van der Waals surface area contributed by atoms with Gasteiger partial charge in [0, 0.05) is 17.5 Å². The fraction of sp³-hybridized carbons (Fsp3) is 0.538. The van der Waals surface area contributed by atoms with E-state index >= 15 is 0 Å². The second-order valence-corrected chi connectivity index (χ2v) is 5.17. The zero-order valence-electron chi connectivity index (χ0n) is 9.47. The lowest BCUT2D eigenvalue weighted by molar-refractivity contribution is 0.137. The summed E-state index contributed by atoms with van der Waals surface area (Å²) < 4.78 is 14.5. The van der Waals surface area contributed by atoms with Gasteiger partial charge in [0.2, 0.25) is 0 Å². The molecule has 1 nitrogen and oxygen atoms in total. The Morgan fingerprint density at radius 3 is 2.69 bits per heavy atom. The van der Waals surface area contributed by atoms with E-state index in [0.717, 1.165) is 24.9 Å². The van der Waals surface area contributed by atoms with Gasteiger partial charge in [-0.1, -0.05) is 23.7 Å². The van der Waals surface area contributed by atoms with Crippen LogP contribution in [0.4, 0.5) is 4.39 Å². The third kappa shape index (κ3) is 2.74. The molecule has 0 saturated carbocycles. The van der Waals surface area contributed by atoms with Crippen molar-refractivity contribution in [3.05, 3.63) is 34.9 Å². The lowest BCUT2D eigenvalue weighted by Gasteiger charge is -2.27. The summed E-state index contributed by atoms with van der Waals surface area (Å²) in [6.07, 6.45) is 2.45. The summed E-state index contributed by atoms with van der Waals surface area (Å²) in [7, 11) is 0. The maximum absolute atomic E-state index is 14.5. The molecule has 1 aliphatic heterocycles. The standard InChI is InChI=1S/C13H17ClFN/c1-13(15,12-3-2-8-16-12)9-10-4-6-11(14)7-5-10/h4-7,12,16H,2-3,8-9H2,1H3. The predicted molar refractivity (Wildman–Crippen MR) is 65.7 cm³/mol. The minimum Gasteiger partial charge on any atom is -0.311 e. The first kappa shape index (κ1) is 11.9. The van der Waals surface area contributed by atoms with Crippen molar-refractivity contribution < 1.29 is 4.39 Å². The number of rotatable bonds is 3. The van der Waals surface area contributed by atoms with E-state index in [4.69, 9.17) is 11.6 Å². The molecule has 1 fully saturated rings. The molecule has 2 atom stereocenters. The zero-order chi connectivity index (χ0) is 11.6. The summed E-state index contributed by atoms with van der Waals surface area (Å²) in [5.74, 6) is 0. The Hall–Kier alpha value is -0.600. The van der Waals surface area contributed by atoms with Crippen molar-refractivity contribution in [3.63, 3.8) is 0 Å². The Kier molecular flexibility index (Phi) is 3.50. The molecule has 1 heterocycles. The number of halogens is 2. The maximum Gasteiger partial charge on any atom is 0.127 e. The number of benzene rings is 1. The van der Waals surface area contributed by atoms with E-state index < -0.39 is 5.67 Å². The monoisotopic (exact) mass is 241 g/mol. The van der Waals surface area contributed by atoms with Gasteiger partial charge < -0.3 is 5.32 Å². The number of hydrogen-bond donors (Lipinski definition) is 1. The summed E-state index contributed by atoms with van der Waals surface area (Å²) in [5.41, 5.74) is -0.173. The number of alkyl halides is 1. The van der Waals surface area contributed by atoms with Crippen LogP contribution in [-0.4, -0.2) is 18.3 Å². The smallest absolute Gasteiger partial charge is 0.127 e. The highest BCUT2D eigenvalue weighted by Gasteiger charge is 2.35. The van der Waals surface area contributed by atoms with Crippen molar-refractivity contribution in [2.75, 3.05) is 6.54 Å². The van der Waals surface area contributed by atoms with Gasteiger partial charge in [-0.05, 0) is 44.0 Å². The highest BCUT2D eigenvalue weighted by Crippen LogP contribution is 2.27. The van der Waals surface area contributed by atoms with Crippen LogP contribution in [0.15, 0.2) is 24.3 Å². The topological polar surface area (TPSA) is 12.0 Å². The van der Waals surface area contributed by atoms with Gasteiger partial charge >= 0.3 is 0 Å². The van der Waals surface area contributed by atoms with E-state index in [0.29, 0.717) is 11.4 Å². The predicted octanol–water partition coefficient (Wildman–Crippen LogP) is 3.36. The van der Waals surface area contributed by atoms with Crippen molar-refractivity contribution in [2.45, 2.75) is 37.9 Å². The van der Waals surface area contributed by atoms with Gasteiger partial charge in [0.25, 0.3) is 0 Å². The van der Waals surface area contributed by atoms with Crippen LogP contribution in [0.5, 0.6) is 0 Å². The van der Waals surface area contributed by atoms with E-state index in [1.807, 2.05) is 24.3 Å². The van der Waals surface area contributed by atoms with Gasteiger partial charge in [-0.3, -0.25) is 0 Å². The molecular weight excluding hydrogens is 225 g/mol. The molecule has 88 valence electrons. The molecule has 2 rings (SSSR count). The first-order valence-electron chi connectivity index (χ1n) is 5.75. The quantitative estimate of drug-likeness (QED) is 0.856. The molecule has 0 radical (unpaired) electrons. The molecule has 1 saturated heterocycles. The van der Waals surface area contributed by atoms with Crippen LogP contribution in [0.25, 0.3) is 0 Å². The number of hydrogen-bond acceptors (Lipinski definition) is 1. The Balaban J connectivity index is 2.04. The normalized spacial score (nSPS) is 24.3. The maximum atomic E-state index is 14.5. The average Bonchev–Trinajstić information content (AvgIpc) is 2.75. The summed E-state index contributed by atoms with van der Waals surface area (Å²) in [5, 5.41) is 3.92. The Labute approximate surface area is 101 Å². The second kappa shape index (κ2) is 4.72. The van der Waals surface area contributed by atoms with Crippen molar-refractivity contribution in [2.24, 2.45) is 0 Å². The molecule has 1 aromatic rings. The summed E-state index contributed by atoms with van der Waals surface area (Å²) in [6.45, 7) is 2.62. The van der Waals surface area contributed by atoms with E-state index in [2.05, 4.69) is 5.32 Å². The summed E-state index contributed by atoms with van der Waals surface area (Å²) >= 11 is 5.80. The second-order valence-electron chi connectivity index (χ2n) is 4.73. The van der Waals surface area contributed by atoms with Crippen molar-refractivity contribution in [1.29, 1.82) is 0 Å². The molecule has 0 amide bonds. The lowest BCUT2D eigenvalue weighted by atomic mass is 9.90. The van der Waals surface area contributed by atoms with Gasteiger partial charge in [-0.25, -0.2) is 4.39 Å². The van der Waals surface area contributed by atoms with Crippen LogP contribution in [0, 0.1) is 0 Å². The van der Waals surface area contributed by atoms with Crippen LogP contribution in [-0.2, 0) is 6.42 Å². The highest BCUT2D eigenvalue weighted by atomic mass is 35.5. The molecule has 3 heteroatoms. The summed E-state index contributed by atoms with van der Waals surface area (Å²) in [6, 6.07) is 7.41. The zero-order valence-corrected chi connectivity index (χ0v) is 10.2. The van der Waals surface area contributed by atoms with Gasteiger partial charge in [-0.15, -0.1) is 0 Å². The van der Waals surface area contributed by atoms with E-state index in [1.165, 1.54) is 0 Å². The van der Waals surface area contributed by atoms with Crippen molar-refractivity contribution in [1.82, 2.24) is 5.32 Å². The first-order chi connectivity index (χ1) is 7.58. The molecule has 1 N–H and O–H groups in total. The van der Waals surface area contributed by atoms with Crippen LogP contribution in [0.3, 0.4) is 0 Å². The molecule has 16 heavy (non-hydrogen) atoms. The molecule has 0 aromatic heterocycles. The Bertz CT molecular complexity index is 341. The molecule has 0 aliphatic carbocycles. The van der Waals surface area contributed by atoms with Gasteiger partial charge in [0.1, 0.15) is 5.67 Å². The minimum absolute atomic E-state index is 0.0109. The van der Waals surface area contributed by atoms with E-state index in [-0.39, 0.29) is 6.04 Å². The molecule has 2 unspecified atom stereocenters. The Morgan fingerprint density at radius 1 is 1.44 bits per heavy atom. The summed E-state index contributed by atoms with van der Waals surface area (Å²) in [4.78, 5) is 0. The van der Waals surface area contributed by atoms with Crippen molar-refractivity contribution in [3.8, 4) is 0 Å². The number of nitrogens with one attached hydrogen (secondary N) is 1. The van der Waals surface area contributed by atoms with Gasteiger partial charge in [0.05, 0.1) is 0 Å². The molecule has 1 aromatic carbocycles. The van der Waals surface area contributed by atoms with E-state index in [1.54, 1.807) is 6.92 Å². The van der Waals surface area contributed by atoms with E-state index in [9.17, 15) is 4.39 Å². The average molecular weight is 242 g/mol. The van der Waals surface area contributed by atoms with Crippen LogP contribution < -0.4 is 5.32 Å². The van der Waals surface area contributed by atoms with Crippen LogP contribution in [0.2, 0.25) is 5.02 Å². The fourth-order valence-electron chi connectivity index (χ4n) is 2.32. The van der Waals surface area contributed by atoms with Crippen molar-refractivity contribution >= 4 is 11.6 Å². The molecule has 1 aliphatic rings. The van der Waals surface area contributed by atoms with Gasteiger partial charge in [-0.2, -0.15) is 0 Å². The van der Waals surface area contributed by atoms with Crippen LogP contribution >= 0.6 is 11.6 Å². The van der Waals surface area contributed by atoms with Gasteiger partial charge in [0.15, 0.2) is 0 Å². The molecule has 0 bridgehead atoms. The first-order valence-corrected chi connectivity index (χ1v) is 6.12. The molecular formula is C13H17ClFN. The third-order valence-corrected chi connectivity index (χ3v) is 3.50. The SMILES string of the molecule is CC(F)(Cc1ccc(Cl)cc1)C1CCCN1. The largest absolute Gasteiger partial charge is 0.311 e. The third-order valence-electron chi connectivity index (χ3n) is 3.25. The van der Waals surface area contributed by atoms with Crippen LogP contribution in [0.1, 0.15) is 25.3 Å².